The largest absolute Gasteiger partial charge is 0.297 e. The van der Waals surface area contributed by atoms with Crippen LogP contribution < -0.4 is 0 Å². The van der Waals surface area contributed by atoms with E-state index in [4.69, 9.17) is 12.2 Å². The topological polar surface area (TPSA) is 20.7 Å². The van der Waals surface area contributed by atoms with Gasteiger partial charge in [0.1, 0.15) is 4.64 Å². The predicted molar refractivity (Wildman–Crippen MR) is 79.2 cm³/mol. The molecule has 96 valence electrons. The zero-order valence-electron chi connectivity index (χ0n) is 11.5. The van der Waals surface area contributed by atoms with Gasteiger partial charge in [-0.2, -0.15) is 0 Å². The molecule has 0 aliphatic heterocycles. The number of aromatic nitrogens is 2. The van der Waals surface area contributed by atoms with E-state index in [9.17, 15) is 0 Å². The zero-order valence-corrected chi connectivity index (χ0v) is 12.3. The summed E-state index contributed by atoms with van der Waals surface area (Å²) in [5, 5.41) is 3.41. The van der Waals surface area contributed by atoms with Crippen molar-refractivity contribution in [1.29, 1.82) is 0 Å². The van der Waals surface area contributed by atoms with Crippen LogP contribution in [0.15, 0.2) is 18.2 Å². The molecular weight excluding hydrogens is 240 g/mol. The summed E-state index contributed by atoms with van der Waals surface area (Å²) in [6.07, 6.45) is 2.17. The minimum absolute atomic E-state index is 0.855. The minimum atomic E-state index is 0.855. The van der Waals surface area contributed by atoms with Crippen LogP contribution in [0, 0.1) is 25.4 Å². The lowest BCUT2D eigenvalue weighted by atomic mass is 10.1. The van der Waals surface area contributed by atoms with E-state index in [0.29, 0.717) is 0 Å². The molecule has 0 fully saturated rings. The summed E-state index contributed by atoms with van der Waals surface area (Å²) >= 11 is 5.45. The maximum absolute atomic E-state index is 5.45. The summed E-state index contributed by atoms with van der Waals surface area (Å²) < 4.78 is 2.89. The molecule has 2 rings (SSSR count). The number of aromatic amines is 1. The molecule has 0 aliphatic rings. The monoisotopic (exact) mass is 260 g/mol. The minimum Gasteiger partial charge on any atom is -0.297 e. The van der Waals surface area contributed by atoms with Crippen LogP contribution in [0.25, 0.3) is 5.69 Å². The van der Waals surface area contributed by atoms with E-state index in [1.54, 1.807) is 0 Å². The third kappa shape index (κ3) is 2.41. The van der Waals surface area contributed by atoms with Crippen molar-refractivity contribution < 1.29 is 0 Å². The van der Waals surface area contributed by atoms with Crippen LogP contribution >= 0.6 is 12.2 Å². The van der Waals surface area contributed by atoms with Gasteiger partial charge in [0.15, 0.2) is 0 Å². The molecular formula is C15H20N2S. The zero-order chi connectivity index (χ0) is 13.3. The van der Waals surface area contributed by atoms with Gasteiger partial charge < -0.3 is 0 Å². The average molecular weight is 260 g/mol. The molecule has 0 aliphatic carbocycles. The Morgan fingerprint density at radius 2 is 1.72 bits per heavy atom. The molecule has 2 aromatic rings. The van der Waals surface area contributed by atoms with Gasteiger partial charge in [-0.1, -0.05) is 43.3 Å². The fraction of sp³-hybridized carbons (Fsp3) is 0.400. The molecule has 0 radical (unpaired) electrons. The van der Waals surface area contributed by atoms with Crippen molar-refractivity contribution >= 4 is 12.2 Å². The van der Waals surface area contributed by atoms with E-state index in [1.165, 1.54) is 28.1 Å². The number of benzene rings is 1. The number of aryl methyl sites for hydroxylation is 4. The summed E-state index contributed by atoms with van der Waals surface area (Å²) in [4.78, 5) is 0. The second-order valence-electron chi connectivity index (χ2n) is 4.95. The Hall–Kier alpha value is -1.35. The third-order valence-electron chi connectivity index (χ3n) is 3.15. The van der Waals surface area contributed by atoms with Gasteiger partial charge in [0.2, 0.25) is 0 Å². The van der Waals surface area contributed by atoms with Gasteiger partial charge in [-0.05, 0) is 44.4 Å². The molecule has 1 aromatic heterocycles. The molecule has 0 bridgehead atoms. The first-order chi connectivity index (χ1) is 8.52. The van der Waals surface area contributed by atoms with Crippen molar-refractivity contribution in [2.75, 3.05) is 0 Å². The first-order valence-electron chi connectivity index (χ1n) is 6.42. The van der Waals surface area contributed by atoms with E-state index >= 15 is 0 Å². The maximum Gasteiger partial charge on any atom is 0.127 e. The molecule has 2 nitrogen and oxygen atoms in total. The number of hydrogen-bond donors (Lipinski definition) is 1. The second-order valence-corrected chi connectivity index (χ2v) is 5.37. The van der Waals surface area contributed by atoms with Crippen LogP contribution in [-0.2, 0) is 6.42 Å². The highest BCUT2D eigenvalue weighted by atomic mass is 32.1. The molecule has 0 amide bonds. The quantitative estimate of drug-likeness (QED) is 0.811. The molecule has 1 N–H and O–H groups in total. The van der Waals surface area contributed by atoms with Crippen molar-refractivity contribution in [2.45, 2.75) is 40.5 Å². The van der Waals surface area contributed by atoms with Gasteiger partial charge in [0.25, 0.3) is 0 Å². The summed E-state index contributed by atoms with van der Waals surface area (Å²) in [5.74, 6) is 0. The van der Waals surface area contributed by atoms with Gasteiger partial charge in [0, 0.05) is 5.69 Å². The molecule has 0 atom stereocenters. The Labute approximate surface area is 114 Å². The number of hydrogen-bond acceptors (Lipinski definition) is 1. The predicted octanol–water partition coefficient (Wildman–Crippen LogP) is 4.41. The molecule has 0 unspecified atom stereocenters. The van der Waals surface area contributed by atoms with Crippen LogP contribution in [-0.4, -0.2) is 9.78 Å². The van der Waals surface area contributed by atoms with Crippen LogP contribution in [0.5, 0.6) is 0 Å². The number of H-pyrrole nitrogens is 1. The highest BCUT2D eigenvalue weighted by molar-refractivity contribution is 7.71. The van der Waals surface area contributed by atoms with Gasteiger partial charge in [-0.25, -0.2) is 4.68 Å². The van der Waals surface area contributed by atoms with Crippen LogP contribution in [0.1, 0.15) is 35.7 Å². The van der Waals surface area contributed by atoms with Crippen LogP contribution in [0.2, 0.25) is 0 Å². The van der Waals surface area contributed by atoms with E-state index in [-0.39, 0.29) is 0 Å². The van der Waals surface area contributed by atoms with Crippen molar-refractivity contribution in [3.05, 3.63) is 45.2 Å². The van der Waals surface area contributed by atoms with Crippen molar-refractivity contribution in [3.63, 3.8) is 0 Å². The maximum atomic E-state index is 5.45. The smallest absolute Gasteiger partial charge is 0.127 e. The summed E-state index contributed by atoms with van der Waals surface area (Å²) in [6, 6.07) is 6.46. The summed E-state index contributed by atoms with van der Waals surface area (Å²) in [7, 11) is 0. The van der Waals surface area contributed by atoms with Crippen LogP contribution in [0.3, 0.4) is 0 Å². The van der Waals surface area contributed by atoms with Gasteiger partial charge in [0.05, 0.1) is 5.69 Å². The fourth-order valence-electron chi connectivity index (χ4n) is 2.53. The van der Waals surface area contributed by atoms with E-state index in [1.807, 2.05) is 4.68 Å². The summed E-state index contributed by atoms with van der Waals surface area (Å²) in [6.45, 7) is 8.58. The molecule has 1 heterocycles. The third-order valence-corrected chi connectivity index (χ3v) is 3.45. The standard InChI is InChI=1S/C15H20N2S/c1-5-6-13-9-14(18)17(16-13)15-11(3)7-10(2)8-12(15)4/h7-9,16H,5-6H2,1-4H3. The number of nitrogens with one attached hydrogen (secondary N) is 1. The molecule has 3 heteroatoms. The van der Waals surface area contributed by atoms with E-state index in [0.717, 1.165) is 17.5 Å². The first-order valence-corrected chi connectivity index (χ1v) is 6.83. The lowest BCUT2D eigenvalue weighted by Gasteiger charge is -2.12. The number of rotatable bonds is 3. The Morgan fingerprint density at radius 1 is 1.11 bits per heavy atom. The fourth-order valence-corrected chi connectivity index (χ4v) is 2.81. The van der Waals surface area contributed by atoms with Gasteiger partial charge in [-0.15, -0.1) is 0 Å². The van der Waals surface area contributed by atoms with Crippen molar-refractivity contribution in [1.82, 2.24) is 9.78 Å². The van der Waals surface area contributed by atoms with E-state index < -0.39 is 0 Å². The SMILES string of the molecule is CCCc1cc(=S)n(-c2c(C)cc(C)cc2C)[nH]1. The Balaban J connectivity index is 2.58. The Morgan fingerprint density at radius 3 is 2.28 bits per heavy atom. The average Bonchev–Trinajstić information content (AvgIpc) is 2.59. The highest BCUT2D eigenvalue weighted by Gasteiger charge is 2.08. The Bertz CT molecular complexity index is 597. The molecule has 0 saturated heterocycles. The highest BCUT2D eigenvalue weighted by Crippen LogP contribution is 2.21. The Kier molecular flexibility index (Phi) is 3.71. The number of nitrogens with zero attached hydrogens (tertiary/aromatic N) is 1. The molecule has 0 spiro atoms. The van der Waals surface area contributed by atoms with Crippen LogP contribution in [0.4, 0.5) is 0 Å². The first kappa shape index (κ1) is 13.1. The van der Waals surface area contributed by atoms with Crippen molar-refractivity contribution in [2.24, 2.45) is 0 Å². The lowest BCUT2D eigenvalue weighted by Crippen LogP contribution is -2.03. The van der Waals surface area contributed by atoms with E-state index in [2.05, 4.69) is 51.0 Å². The lowest BCUT2D eigenvalue weighted by molar-refractivity contribution is 0.794. The molecule has 0 saturated carbocycles. The molecule has 1 aromatic carbocycles. The van der Waals surface area contributed by atoms with Gasteiger partial charge in [-0.3, -0.25) is 5.10 Å². The molecule has 18 heavy (non-hydrogen) atoms. The van der Waals surface area contributed by atoms with Gasteiger partial charge >= 0.3 is 0 Å². The van der Waals surface area contributed by atoms with Crippen molar-refractivity contribution in [3.8, 4) is 5.69 Å². The normalized spacial score (nSPS) is 10.9. The second kappa shape index (κ2) is 5.11. The summed E-state index contributed by atoms with van der Waals surface area (Å²) in [5.41, 5.74) is 6.21.